The SMILES string of the molecule is [2H]C1(c2cc(-c3[c-]cccc3)ncc2[Si](C)(C)C)CCCC1.[Ir].[c-]1ccccc1-c1ccc(-c2ccccc2)cn1. The molecule has 1 fully saturated rings. The van der Waals surface area contributed by atoms with Crippen molar-refractivity contribution < 1.29 is 21.5 Å². The molecular formula is C36H36IrN2Si-2. The quantitative estimate of drug-likeness (QED) is 0.134. The average molecular weight is 718 g/mol. The zero-order chi connectivity index (χ0) is 28.0. The van der Waals surface area contributed by atoms with Gasteiger partial charge >= 0.3 is 0 Å². The summed E-state index contributed by atoms with van der Waals surface area (Å²) in [6.07, 6.45) is 8.25. The molecule has 2 aromatic heterocycles. The minimum Gasteiger partial charge on any atom is -0.305 e. The number of nitrogens with zero attached hydrogens (tertiary/aromatic N) is 2. The van der Waals surface area contributed by atoms with Crippen molar-refractivity contribution in [2.24, 2.45) is 0 Å². The Hall–Kier alpha value is -3.17. The van der Waals surface area contributed by atoms with Crippen LogP contribution in [-0.2, 0) is 20.1 Å². The zero-order valence-corrected chi connectivity index (χ0v) is 26.8. The van der Waals surface area contributed by atoms with Crippen molar-refractivity contribution in [3.63, 3.8) is 0 Å². The van der Waals surface area contributed by atoms with Gasteiger partial charge in [0, 0.05) is 33.9 Å². The first-order valence-corrected chi connectivity index (χ1v) is 17.3. The van der Waals surface area contributed by atoms with E-state index in [0.717, 1.165) is 40.9 Å². The largest absolute Gasteiger partial charge is 0.305 e. The molecule has 5 aromatic rings. The first kappa shape index (κ1) is 28.4. The third-order valence-corrected chi connectivity index (χ3v) is 9.16. The van der Waals surface area contributed by atoms with Crippen LogP contribution in [0.15, 0.2) is 109 Å². The van der Waals surface area contributed by atoms with Crippen molar-refractivity contribution in [3.8, 4) is 33.6 Å². The van der Waals surface area contributed by atoms with E-state index in [2.05, 4.69) is 61.0 Å². The topological polar surface area (TPSA) is 25.8 Å². The van der Waals surface area contributed by atoms with Crippen molar-refractivity contribution >= 4 is 13.3 Å². The third kappa shape index (κ3) is 7.51. The summed E-state index contributed by atoms with van der Waals surface area (Å²) in [5.41, 5.74) is 7.51. The Labute approximate surface area is 255 Å². The first-order chi connectivity index (χ1) is 19.3. The molecule has 0 saturated heterocycles. The Bertz CT molecular complexity index is 1460. The molecule has 1 saturated carbocycles. The number of hydrogen-bond donors (Lipinski definition) is 0. The average Bonchev–Trinajstić information content (AvgIpc) is 3.46. The van der Waals surface area contributed by atoms with E-state index in [4.69, 9.17) is 6.35 Å². The van der Waals surface area contributed by atoms with E-state index in [1.807, 2.05) is 85.2 Å². The van der Waals surface area contributed by atoms with Crippen LogP contribution < -0.4 is 5.19 Å². The van der Waals surface area contributed by atoms with Crippen LogP contribution in [0.3, 0.4) is 0 Å². The molecule has 0 aliphatic heterocycles. The summed E-state index contributed by atoms with van der Waals surface area (Å²) in [4.78, 5) is 9.19. The second kappa shape index (κ2) is 13.9. The van der Waals surface area contributed by atoms with Gasteiger partial charge in [0.2, 0.25) is 0 Å². The molecule has 1 aliphatic rings. The van der Waals surface area contributed by atoms with Gasteiger partial charge in [-0.3, -0.25) is 0 Å². The second-order valence-corrected chi connectivity index (χ2v) is 16.1. The van der Waals surface area contributed by atoms with Gasteiger partial charge in [0.05, 0.1) is 8.07 Å². The predicted molar refractivity (Wildman–Crippen MR) is 167 cm³/mol. The molecule has 0 N–H and O–H groups in total. The second-order valence-electron chi connectivity index (χ2n) is 11.0. The van der Waals surface area contributed by atoms with Crippen LogP contribution in [0.4, 0.5) is 0 Å². The molecule has 1 aliphatic carbocycles. The maximum Gasteiger partial charge on any atom is 0.0799 e. The molecule has 6 rings (SSSR count). The van der Waals surface area contributed by atoms with Gasteiger partial charge in [-0.05, 0) is 46.4 Å². The smallest absolute Gasteiger partial charge is 0.0799 e. The number of hydrogen-bond acceptors (Lipinski definition) is 2. The number of benzene rings is 3. The molecule has 0 spiro atoms. The maximum absolute atomic E-state index is 8.99. The van der Waals surface area contributed by atoms with Gasteiger partial charge in [-0.25, -0.2) is 0 Å². The zero-order valence-electron chi connectivity index (χ0n) is 24.4. The van der Waals surface area contributed by atoms with Crippen molar-refractivity contribution in [1.29, 1.82) is 0 Å². The van der Waals surface area contributed by atoms with Gasteiger partial charge < -0.3 is 9.97 Å². The summed E-state index contributed by atoms with van der Waals surface area (Å²) in [7, 11) is -1.51. The van der Waals surface area contributed by atoms with Gasteiger partial charge in [0.1, 0.15) is 0 Å². The fraction of sp³-hybridized carbons (Fsp3) is 0.222. The summed E-state index contributed by atoms with van der Waals surface area (Å²) in [5.74, 6) is -0.415. The number of pyridine rings is 2. The minimum absolute atomic E-state index is 0. The Kier molecular flexibility index (Phi) is 9.88. The van der Waals surface area contributed by atoms with E-state index in [1.165, 1.54) is 29.2 Å². The molecule has 2 heterocycles. The van der Waals surface area contributed by atoms with Crippen LogP contribution >= 0.6 is 0 Å². The van der Waals surface area contributed by atoms with Gasteiger partial charge in [-0.2, -0.15) is 0 Å². The van der Waals surface area contributed by atoms with Gasteiger partial charge in [0.15, 0.2) is 0 Å². The van der Waals surface area contributed by atoms with E-state index in [1.54, 1.807) is 0 Å². The monoisotopic (exact) mass is 718 g/mol. The molecule has 0 amide bonds. The molecule has 0 unspecified atom stereocenters. The molecule has 1 radical (unpaired) electrons. The fourth-order valence-corrected chi connectivity index (χ4v) is 6.53. The van der Waals surface area contributed by atoms with Gasteiger partial charge in [-0.15, -0.1) is 71.8 Å². The normalized spacial score (nSPS) is 14.3. The summed E-state index contributed by atoms with van der Waals surface area (Å²) in [6.45, 7) is 7.04. The van der Waals surface area contributed by atoms with Crippen LogP contribution in [0.1, 0.15) is 38.5 Å². The van der Waals surface area contributed by atoms with Crippen molar-refractivity contribution in [2.75, 3.05) is 0 Å². The summed E-state index contributed by atoms with van der Waals surface area (Å²) >= 11 is 0. The summed E-state index contributed by atoms with van der Waals surface area (Å²) in [6, 6.07) is 38.9. The molecule has 0 atom stereocenters. The molecule has 205 valence electrons. The maximum atomic E-state index is 8.99. The summed E-state index contributed by atoms with van der Waals surface area (Å²) < 4.78 is 8.99. The van der Waals surface area contributed by atoms with E-state index >= 15 is 0 Å². The van der Waals surface area contributed by atoms with E-state index < -0.39 is 14.0 Å². The van der Waals surface area contributed by atoms with Crippen LogP contribution in [0.25, 0.3) is 33.6 Å². The minimum atomic E-state index is -1.51. The van der Waals surface area contributed by atoms with Gasteiger partial charge in [0.25, 0.3) is 0 Å². The number of aromatic nitrogens is 2. The molecule has 40 heavy (non-hydrogen) atoms. The van der Waals surface area contributed by atoms with Crippen LogP contribution in [-0.4, -0.2) is 18.0 Å². The molecule has 3 aromatic carbocycles. The van der Waals surface area contributed by atoms with Crippen molar-refractivity contribution in [2.45, 2.75) is 51.2 Å². The Balaban J connectivity index is 0.000000188. The third-order valence-electron chi connectivity index (χ3n) is 7.14. The van der Waals surface area contributed by atoms with Crippen molar-refractivity contribution in [1.82, 2.24) is 9.97 Å². The van der Waals surface area contributed by atoms with E-state index in [9.17, 15) is 0 Å². The van der Waals surface area contributed by atoms with E-state index in [0.29, 0.717) is 0 Å². The van der Waals surface area contributed by atoms with Crippen LogP contribution in [0.5, 0.6) is 0 Å². The summed E-state index contributed by atoms with van der Waals surface area (Å²) in [5, 5.41) is 1.35. The fourth-order valence-electron chi connectivity index (χ4n) is 5.02. The van der Waals surface area contributed by atoms with Crippen LogP contribution in [0.2, 0.25) is 19.6 Å². The first-order valence-electron chi connectivity index (χ1n) is 14.3. The Morgan fingerprint density at radius 3 is 1.85 bits per heavy atom. The Morgan fingerprint density at radius 1 is 0.700 bits per heavy atom. The van der Waals surface area contributed by atoms with Gasteiger partial charge in [-0.1, -0.05) is 86.6 Å². The standard InChI is InChI=1S/C19H24NSi.C17H12N.Ir/c1-21(2,3)19-14-20-18(16-11-5-4-6-12-16)13-17(19)15-9-7-8-10-15;1-3-7-14(8-4-1)16-11-12-17(18-13-16)15-9-5-2-6-10-15;/h4-6,11,13-15H,7-10H2,1-3H3;1-9,11-13H;/q2*-1;/i15D;;. The Morgan fingerprint density at radius 2 is 1.30 bits per heavy atom. The van der Waals surface area contributed by atoms with Crippen LogP contribution in [0, 0.1) is 12.1 Å². The predicted octanol–water partition coefficient (Wildman–Crippen LogP) is 8.96. The molecule has 2 nitrogen and oxygen atoms in total. The van der Waals surface area contributed by atoms with Crippen molar-refractivity contribution in [3.05, 3.63) is 127 Å². The van der Waals surface area contributed by atoms with E-state index in [-0.39, 0.29) is 20.1 Å². The molecule has 4 heteroatoms. The number of rotatable bonds is 5. The molecule has 0 bridgehead atoms. The molecular weight excluding hydrogens is 681 g/mol.